The lowest BCUT2D eigenvalue weighted by Crippen LogP contribution is -2.53. The van der Waals surface area contributed by atoms with Crippen LogP contribution < -0.4 is 21.7 Å². The van der Waals surface area contributed by atoms with Crippen LogP contribution in [0.4, 0.5) is 4.79 Å². The van der Waals surface area contributed by atoms with Gasteiger partial charge in [0.05, 0.1) is 18.1 Å². The first-order valence-electron chi connectivity index (χ1n) is 11.9. The summed E-state index contributed by atoms with van der Waals surface area (Å²) in [6, 6.07) is -2.14. The third-order valence-corrected chi connectivity index (χ3v) is 6.89. The Morgan fingerprint density at radius 3 is 2.06 bits per heavy atom. The molecule has 35 heavy (non-hydrogen) atoms. The van der Waals surface area contributed by atoms with Crippen LogP contribution in [-0.2, 0) is 23.9 Å². The van der Waals surface area contributed by atoms with Crippen LogP contribution in [0.1, 0.15) is 66.2 Å². The molecule has 1 unspecified atom stereocenters. The van der Waals surface area contributed by atoms with E-state index in [0.717, 1.165) is 0 Å². The van der Waals surface area contributed by atoms with E-state index in [1.807, 2.05) is 20.8 Å². The van der Waals surface area contributed by atoms with E-state index < -0.39 is 24.0 Å². The molecule has 0 aliphatic carbocycles. The number of hydrogen-bond acceptors (Lipinski definition) is 6. The van der Waals surface area contributed by atoms with Gasteiger partial charge in [-0.3, -0.25) is 19.2 Å². The van der Waals surface area contributed by atoms with Gasteiger partial charge < -0.3 is 26.4 Å². The van der Waals surface area contributed by atoms with E-state index in [4.69, 9.17) is 10.5 Å². The van der Waals surface area contributed by atoms with Gasteiger partial charge in [-0.15, -0.1) is 0 Å². The zero-order chi connectivity index (χ0) is 27.0. The summed E-state index contributed by atoms with van der Waals surface area (Å²) in [5.74, 6) is -1.57. The maximum Gasteiger partial charge on any atom is 0.312 e. The number of hydrogen-bond donors (Lipinski definition) is 4. The predicted molar refractivity (Wildman–Crippen MR) is 141 cm³/mol. The number of halogens is 2. The lowest BCUT2D eigenvalue weighted by atomic mass is 10.0. The van der Waals surface area contributed by atoms with Gasteiger partial charge in [0.15, 0.2) is 5.78 Å². The van der Waals surface area contributed by atoms with Crippen LogP contribution in [0, 0.1) is 11.8 Å². The first-order valence-corrected chi connectivity index (χ1v) is 14.1. The van der Waals surface area contributed by atoms with Crippen molar-refractivity contribution in [1.82, 2.24) is 16.0 Å². The van der Waals surface area contributed by atoms with Gasteiger partial charge in [-0.05, 0) is 51.9 Å². The number of primary amides is 1. The standard InChI is InChI=1S/C23H40Br2N4O6/c1-14(2)20(21(32)28-18(16(4)30)9-7-11-27-23(26)34)29-19(31)10-6-5-8-15(3)35-22(33)17(12-24)13-25/h14-15,17-18,20H,5-13H2,1-4H3,(H,28,32)(H,29,31)(H3,26,27,34)/t15?,18-,20-/m0/s1. The number of alkyl halides is 2. The molecule has 12 heteroatoms. The Balaban J connectivity index is 4.56. The molecule has 0 aliphatic heterocycles. The van der Waals surface area contributed by atoms with Crippen LogP contribution in [0.25, 0.3) is 0 Å². The van der Waals surface area contributed by atoms with E-state index in [9.17, 15) is 24.0 Å². The first-order chi connectivity index (χ1) is 16.4. The Bertz CT molecular complexity index is 703. The lowest BCUT2D eigenvalue weighted by Gasteiger charge is -2.24. The molecule has 0 saturated heterocycles. The molecule has 0 fully saturated rings. The number of urea groups is 1. The quantitative estimate of drug-likeness (QED) is 0.104. The van der Waals surface area contributed by atoms with Crippen molar-refractivity contribution >= 4 is 61.5 Å². The average Bonchev–Trinajstić information content (AvgIpc) is 2.77. The van der Waals surface area contributed by atoms with Crippen LogP contribution in [0.2, 0.25) is 0 Å². The highest BCUT2D eigenvalue weighted by Gasteiger charge is 2.27. The smallest absolute Gasteiger partial charge is 0.312 e. The molecule has 3 atom stereocenters. The number of amides is 4. The lowest BCUT2D eigenvalue weighted by molar-refractivity contribution is -0.151. The molecule has 0 aliphatic rings. The highest BCUT2D eigenvalue weighted by Crippen LogP contribution is 2.13. The third kappa shape index (κ3) is 15.1. The molecular formula is C23H40Br2N4O6. The van der Waals surface area contributed by atoms with E-state index in [2.05, 4.69) is 47.8 Å². The predicted octanol–water partition coefficient (Wildman–Crippen LogP) is 2.55. The number of unbranched alkanes of at least 4 members (excludes halogenated alkanes) is 1. The molecule has 0 bridgehead atoms. The minimum atomic E-state index is -0.779. The molecule has 202 valence electrons. The van der Waals surface area contributed by atoms with Gasteiger partial charge in [-0.2, -0.15) is 0 Å². The number of ether oxygens (including phenoxy) is 1. The largest absolute Gasteiger partial charge is 0.462 e. The second-order valence-corrected chi connectivity index (χ2v) is 10.2. The minimum Gasteiger partial charge on any atom is -0.462 e. The van der Waals surface area contributed by atoms with Crippen LogP contribution in [0.3, 0.4) is 0 Å². The van der Waals surface area contributed by atoms with Crippen molar-refractivity contribution in [2.75, 3.05) is 17.2 Å². The van der Waals surface area contributed by atoms with Gasteiger partial charge in [0.1, 0.15) is 6.04 Å². The fourth-order valence-corrected chi connectivity index (χ4v) is 4.78. The number of Topliss-reactive ketones (excluding diaryl/α,β-unsaturated/α-hetero) is 1. The van der Waals surface area contributed by atoms with Crippen molar-refractivity contribution in [1.29, 1.82) is 0 Å². The Morgan fingerprint density at radius 1 is 0.914 bits per heavy atom. The van der Waals surface area contributed by atoms with Crippen molar-refractivity contribution < 1.29 is 28.7 Å². The summed E-state index contributed by atoms with van der Waals surface area (Å²) in [5.41, 5.74) is 5.02. The average molecular weight is 628 g/mol. The van der Waals surface area contributed by atoms with E-state index in [0.29, 0.717) is 49.3 Å². The van der Waals surface area contributed by atoms with Gasteiger partial charge in [0, 0.05) is 23.6 Å². The molecule has 4 amide bonds. The number of rotatable bonds is 18. The summed E-state index contributed by atoms with van der Waals surface area (Å²) < 4.78 is 5.43. The first kappa shape index (κ1) is 33.3. The van der Waals surface area contributed by atoms with Crippen LogP contribution in [0.5, 0.6) is 0 Å². The maximum absolute atomic E-state index is 12.8. The summed E-state index contributed by atoms with van der Waals surface area (Å²) in [6.07, 6.45) is 2.71. The highest BCUT2D eigenvalue weighted by molar-refractivity contribution is 9.09. The summed E-state index contributed by atoms with van der Waals surface area (Å²) in [4.78, 5) is 59.9. The monoisotopic (exact) mass is 626 g/mol. The van der Waals surface area contributed by atoms with Gasteiger partial charge >= 0.3 is 12.0 Å². The van der Waals surface area contributed by atoms with Crippen molar-refractivity contribution in [3.05, 3.63) is 0 Å². The number of nitrogens with one attached hydrogen (secondary N) is 3. The zero-order valence-corrected chi connectivity index (χ0v) is 24.2. The molecule has 0 radical (unpaired) electrons. The summed E-state index contributed by atoms with van der Waals surface area (Å²) >= 11 is 6.57. The van der Waals surface area contributed by atoms with Crippen molar-refractivity contribution in [3.63, 3.8) is 0 Å². The van der Waals surface area contributed by atoms with E-state index in [-0.39, 0.29) is 42.0 Å². The third-order valence-electron chi connectivity index (χ3n) is 5.33. The number of carbonyl (C=O) groups excluding carboxylic acids is 5. The topological polar surface area (TPSA) is 157 Å². The number of nitrogens with two attached hydrogens (primary N) is 1. The summed E-state index contributed by atoms with van der Waals surface area (Å²) in [7, 11) is 0. The van der Waals surface area contributed by atoms with Gasteiger partial charge in [-0.1, -0.05) is 45.7 Å². The Labute approximate surface area is 224 Å². The molecule has 0 saturated carbocycles. The Kier molecular flexibility index (Phi) is 17.7. The fourth-order valence-electron chi connectivity index (χ4n) is 3.17. The molecule has 0 rings (SSSR count). The second kappa shape index (κ2) is 18.6. The Hall–Kier alpha value is -1.69. The minimum absolute atomic E-state index is 0.181. The second-order valence-electron chi connectivity index (χ2n) is 8.89. The molecular weight excluding hydrogens is 588 g/mol. The molecule has 10 nitrogen and oxygen atoms in total. The van der Waals surface area contributed by atoms with E-state index in [1.54, 1.807) is 0 Å². The molecule has 0 spiro atoms. The molecule has 0 aromatic heterocycles. The number of ketones is 1. The summed E-state index contributed by atoms with van der Waals surface area (Å²) in [5, 5.41) is 8.95. The van der Waals surface area contributed by atoms with Gasteiger partial charge in [0.2, 0.25) is 11.8 Å². The van der Waals surface area contributed by atoms with Crippen molar-refractivity contribution in [2.45, 2.75) is 84.4 Å². The van der Waals surface area contributed by atoms with Crippen LogP contribution in [0.15, 0.2) is 0 Å². The molecule has 0 heterocycles. The van der Waals surface area contributed by atoms with Crippen LogP contribution in [-0.4, -0.2) is 65.0 Å². The zero-order valence-electron chi connectivity index (χ0n) is 21.0. The number of carbonyl (C=O) groups is 5. The fraction of sp³-hybridized carbons (Fsp3) is 0.783. The van der Waals surface area contributed by atoms with Gasteiger partial charge in [0.25, 0.3) is 0 Å². The molecule has 0 aromatic carbocycles. The van der Waals surface area contributed by atoms with Crippen molar-refractivity contribution in [3.8, 4) is 0 Å². The van der Waals surface area contributed by atoms with E-state index >= 15 is 0 Å². The van der Waals surface area contributed by atoms with Crippen LogP contribution >= 0.6 is 31.9 Å². The maximum atomic E-state index is 12.8. The number of esters is 1. The molecule has 5 N–H and O–H groups in total. The molecule has 0 aromatic rings. The van der Waals surface area contributed by atoms with Gasteiger partial charge in [-0.25, -0.2) is 4.79 Å². The highest BCUT2D eigenvalue weighted by atomic mass is 79.9. The summed E-state index contributed by atoms with van der Waals surface area (Å²) in [6.45, 7) is 7.13. The Morgan fingerprint density at radius 2 is 1.54 bits per heavy atom. The van der Waals surface area contributed by atoms with E-state index in [1.165, 1.54) is 6.92 Å². The SMILES string of the molecule is CC(=O)[C@H](CCCNC(N)=O)NC(=O)[C@@H](NC(=O)CCCCC(C)OC(=O)C(CBr)CBr)C(C)C. The normalized spacial score (nSPS) is 13.6. The van der Waals surface area contributed by atoms with Crippen molar-refractivity contribution in [2.24, 2.45) is 17.6 Å².